The van der Waals surface area contributed by atoms with Crippen LogP contribution in [-0.2, 0) is 22.7 Å². The molecule has 1 saturated heterocycles. The van der Waals surface area contributed by atoms with Crippen LogP contribution < -0.4 is 10.6 Å². The Kier molecular flexibility index (Phi) is 7.92. The van der Waals surface area contributed by atoms with Crippen molar-refractivity contribution < 1.29 is 14.0 Å². The molecule has 1 heterocycles. The summed E-state index contributed by atoms with van der Waals surface area (Å²) in [5.74, 6) is 0.434. The zero-order valence-corrected chi connectivity index (χ0v) is 21.0. The molecule has 32 heavy (non-hydrogen) atoms. The van der Waals surface area contributed by atoms with Gasteiger partial charge in [0.2, 0.25) is 11.8 Å². The van der Waals surface area contributed by atoms with Crippen molar-refractivity contribution >= 4 is 41.8 Å². The van der Waals surface area contributed by atoms with E-state index in [4.69, 9.17) is 0 Å². The monoisotopic (exact) mass is 555 g/mol. The Bertz CT molecular complexity index is 905. The zero-order valence-electron chi connectivity index (χ0n) is 18.7. The van der Waals surface area contributed by atoms with E-state index in [1.807, 2.05) is 25.1 Å². The molecule has 2 N–H and O–H groups in total. The molecule has 1 aliphatic heterocycles. The molecule has 7 nitrogen and oxygen atoms in total. The summed E-state index contributed by atoms with van der Waals surface area (Å²) in [6.07, 6.45) is 5.14. The fraction of sp³-hybridized carbons (Fsp3) is 0.522. The Morgan fingerprint density at radius 2 is 1.81 bits per heavy atom. The maximum absolute atomic E-state index is 14.0. The van der Waals surface area contributed by atoms with Crippen LogP contribution >= 0.6 is 24.0 Å². The average Bonchev–Trinajstić information content (AvgIpc) is 3.41. The van der Waals surface area contributed by atoms with E-state index in [9.17, 15) is 14.0 Å². The number of fused-ring (bicyclic) bond motifs is 5. The van der Waals surface area contributed by atoms with Gasteiger partial charge in [-0.25, -0.2) is 4.39 Å². The van der Waals surface area contributed by atoms with Gasteiger partial charge < -0.3 is 15.5 Å². The largest absolute Gasteiger partial charge is 0.355 e. The number of carbonyl (C=O) groups excluding carboxylic acids is 2. The number of hydrogen-bond acceptors (Lipinski definition) is 4. The number of rotatable bonds is 7. The zero-order chi connectivity index (χ0) is 22.1. The van der Waals surface area contributed by atoms with E-state index in [0.717, 1.165) is 12.0 Å². The predicted molar refractivity (Wildman–Crippen MR) is 132 cm³/mol. The molecule has 2 bridgehead atoms. The standard InChI is InChI=1S/C23H30FN5O2.HI/c1-25-23(27-12-14-4-7-18(24)17(10-14)13-28(2)3)26-8-9-29-21(30)19-15-5-6-16(11-15)20(19)22(29)31;/h4-7,10,15-16,19-20H,8-9,11-13H2,1-3H3,(H2,25,26,27);1H. The molecule has 2 amide bonds. The summed E-state index contributed by atoms with van der Waals surface area (Å²) in [4.78, 5) is 33.0. The molecule has 4 atom stereocenters. The van der Waals surface area contributed by atoms with Crippen LogP contribution in [0.4, 0.5) is 4.39 Å². The number of imide groups is 1. The van der Waals surface area contributed by atoms with Gasteiger partial charge in [-0.15, -0.1) is 24.0 Å². The molecule has 2 aliphatic carbocycles. The Labute approximate surface area is 205 Å². The van der Waals surface area contributed by atoms with Gasteiger partial charge in [-0.1, -0.05) is 18.2 Å². The maximum Gasteiger partial charge on any atom is 0.233 e. The average molecular weight is 555 g/mol. The highest BCUT2D eigenvalue weighted by atomic mass is 127. The van der Waals surface area contributed by atoms with E-state index >= 15 is 0 Å². The van der Waals surface area contributed by atoms with E-state index in [0.29, 0.717) is 37.7 Å². The molecular formula is C23H31FIN5O2. The molecule has 1 aromatic carbocycles. The van der Waals surface area contributed by atoms with Crippen LogP contribution in [0.3, 0.4) is 0 Å². The normalized spacial score (nSPS) is 26.0. The smallest absolute Gasteiger partial charge is 0.233 e. The first-order chi connectivity index (χ1) is 14.9. The number of nitrogens with one attached hydrogen (secondary N) is 2. The Morgan fingerprint density at radius 3 is 2.41 bits per heavy atom. The van der Waals surface area contributed by atoms with Crippen molar-refractivity contribution in [2.75, 3.05) is 34.2 Å². The van der Waals surface area contributed by atoms with Gasteiger partial charge in [-0.3, -0.25) is 19.5 Å². The Morgan fingerprint density at radius 1 is 1.16 bits per heavy atom. The second-order valence-electron chi connectivity index (χ2n) is 8.84. The summed E-state index contributed by atoms with van der Waals surface area (Å²) in [6, 6.07) is 5.07. The fourth-order valence-corrected chi connectivity index (χ4v) is 5.08. The van der Waals surface area contributed by atoms with E-state index in [2.05, 4.69) is 27.8 Å². The minimum Gasteiger partial charge on any atom is -0.355 e. The van der Waals surface area contributed by atoms with Gasteiger partial charge in [-0.2, -0.15) is 0 Å². The first-order valence-electron chi connectivity index (χ1n) is 10.8. The summed E-state index contributed by atoms with van der Waals surface area (Å²) in [6.45, 7) is 1.77. The molecule has 174 valence electrons. The van der Waals surface area contributed by atoms with E-state index in [-0.39, 0.29) is 65.3 Å². The lowest BCUT2D eigenvalue weighted by Crippen LogP contribution is -2.43. The summed E-state index contributed by atoms with van der Waals surface area (Å²) in [5, 5.41) is 6.37. The van der Waals surface area contributed by atoms with Crippen molar-refractivity contribution in [2.24, 2.45) is 28.7 Å². The number of halogens is 2. The Balaban J connectivity index is 0.00000289. The highest BCUT2D eigenvalue weighted by molar-refractivity contribution is 14.0. The number of likely N-dealkylation sites (tertiary alicyclic amines) is 1. The second kappa shape index (κ2) is 10.3. The third kappa shape index (κ3) is 4.83. The fourth-order valence-electron chi connectivity index (χ4n) is 5.08. The number of aliphatic imine (C=N–C) groups is 1. The van der Waals surface area contributed by atoms with E-state index in [1.165, 1.54) is 11.0 Å². The van der Waals surface area contributed by atoms with Crippen LogP contribution in [0.5, 0.6) is 0 Å². The number of amides is 2. The number of allylic oxidation sites excluding steroid dienone is 2. The molecule has 1 aromatic rings. The van der Waals surface area contributed by atoms with Crippen LogP contribution in [0.2, 0.25) is 0 Å². The van der Waals surface area contributed by atoms with Crippen molar-refractivity contribution in [3.05, 3.63) is 47.3 Å². The number of carbonyl (C=O) groups is 2. The quantitative estimate of drug-likeness (QED) is 0.177. The molecule has 0 aromatic heterocycles. The Hall–Kier alpha value is -2.01. The van der Waals surface area contributed by atoms with Crippen molar-refractivity contribution in [3.63, 3.8) is 0 Å². The van der Waals surface area contributed by atoms with Crippen LogP contribution in [0, 0.1) is 29.5 Å². The lowest BCUT2D eigenvalue weighted by Gasteiger charge is -2.19. The molecule has 4 rings (SSSR count). The number of benzene rings is 1. The van der Waals surface area contributed by atoms with Gasteiger partial charge in [0.25, 0.3) is 0 Å². The first-order valence-corrected chi connectivity index (χ1v) is 10.8. The number of hydrogen-bond donors (Lipinski definition) is 2. The van der Waals surface area contributed by atoms with Gasteiger partial charge >= 0.3 is 0 Å². The minimum absolute atomic E-state index is 0. The van der Waals surface area contributed by atoms with Crippen molar-refractivity contribution in [1.82, 2.24) is 20.4 Å². The highest BCUT2D eigenvalue weighted by Crippen LogP contribution is 2.52. The minimum atomic E-state index is -0.215. The van der Waals surface area contributed by atoms with Gasteiger partial charge in [0.1, 0.15) is 5.82 Å². The second-order valence-corrected chi connectivity index (χ2v) is 8.84. The summed E-state index contributed by atoms with van der Waals surface area (Å²) in [5.41, 5.74) is 1.59. The van der Waals surface area contributed by atoms with Gasteiger partial charge in [0, 0.05) is 38.8 Å². The molecule has 0 spiro atoms. The molecule has 9 heteroatoms. The van der Waals surface area contributed by atoms with Crippen molar-refractivity contribution in [2.45, 2.75) is 19.5 Å². The molecule has 3 aliphatic rings. The molecule has 4 unspecified atom stereocenters. The number of nitrogens with zero attached hydrogens (tertiary/aromatic N) is 3. The van der Waals surface area contributed by atoms with Crippen LogP contribution in [0.1, 0.15) is 17.5 Å². The first kappa shape index (κ1) is 24.6. The van der Waals surface area contributed by atoms with Crippen molar-refractivity contribution in [1.29, 1.82) is 0 Å². The van der Waals surface area contributed by atoms with E-state index < -0.39 is 0 Å². The maximum atomic E-state index is 14.0. The lowest BCUT2D eigenvalue weighted by atomic mass is 9.85. The SMILES string of the molecule is CN=C(NCCN1C(=O)C2C3C=CC(C3)C2C1=O)NCc1ccc(F)c(CN(C)C)c1.I. The summed E-state index contributed by atoms with van der Waals surface area (Å²) in [7, 11) is 5.47. The van der Waals surface area contributed by atoms with Crippen LogP contribution in [-0.4, -0.2) is 61.8 Å². The third-order valence-corrected chi connectivity index (χ3v) is 6.47. The third-order valence-electron chi connectivity index (χ3n) is 6.47. The molecule has 0 radical (unpaired) electrons. The molecule has 1 saturated carbocycles. The molecular weight excluding hydrogens is 524 g/mol. The lowest BCUT2D eigenvalue weighted by molar-refractivity contribution is -0.140. The van der Waals surface area contributed by atoms with Gasteiger partial charge in [0.05, 0.1) is 11.8 Å². The number of guanidine groups is 1. The predicted octanol–water partition coefficient (Wildman–Crippen LogP) is 1.98. The summed E-state index contributed by atoms with van der Waals surface area (Å²) >= 11 is 0. The van der Waals surface area contributed by atoms with Gasteiger partial charge in [-0.05, 0) is 50.0 Å². The summed E-state index contributed by atoms with van der Waals surface area (Å²) < 4.78 is 14.0. The van der Waals surface area contributed by atoms with E-state index in [1.54, 1.807) is 13.1 Å². The van der Waals surface area contributed by atoms with Gasteiger partial charge in [0.15, 0.2) is 5.96 Å². The molecule has 2 fully saturated rings. The highest BCUT2D eigenvalue weighted by Gasteiger charge is 2.58. The van der Waals surface area contributed by atoms with Crippen LogP contribution in [0.15, 0.2) is 35.3 Å². The topological polar surface area (TPSA) is 77.0 Å². The van der Waals surface area contributed by atoms with Crippen molar-refractivity contribution in [3.8, 4) is 0 Å². The van der Waals surface area contributed by atoms with Crippen LogP contribution in [0.25, 0.3) is 0 Å².